The minimum Gasteiger partial charge on any atom is -0.350 e. The van der Waals surface area contributed by atoms with Gasteiger partial charge in [0.25, 0.3) is 5.91 Å². The van der Waals surface area contributed by atoms with Crippen molar-refractivity contribution in [2.24, 2.45) is 0 Å². The van der Waals surface area contributed by atoms with Gasteiger partial charge in [0.1, 0.15) is 0 Å². The first-order chi connectivity index (χ1) is 10.1. The molecule has 0 saturated carbocycles. The molecule has 5 heteroatoms. The van der Waals surface area contributed by atoms with Crippen LogP contribution in [-0.2, 0) is 11.3 Å². The third kappa shape index (κ3) is 4.16. The molecule has 0 spiro atoms. The lowest BCUT2D eigenvalue weighted by atomic mass is 10.1. The number of hydrogen-bond donors (Lipinski definition) is 2. The summed E-state index contributed by atoms with van der Waals surface area (Å²) in [7, 11) is 0. The molecular formula is C16H18N2O2S. The van der Waals surface area contributed by atoms with Crippen molar-refractivity contribution in [1.82, 2.24) is 10.6 Å². The summed E-state index contributed by atoms with van der Waals surface area (Å²) in [5.74, 6) is -0.416. The average molecular weight is 302 g/mol. The highest BCUT2D eigenvalue weighted by Gasteiger charge is 2.10. The molecule has 0 aliphatic carbocycles. The molecule has 0 fully saturated rings. The lowest BCUT2D eigenvalue weighted by Crippen LogP contribution is -2.36. The maximum atomic E-state index is 12.0. The molecular weight excluding hydrogens is 284 g/mol. The van der Waals surface area contributed by atoms with Gasteiger partial charge in [0.05, 0.1) is 13.1 Å². The fourth-order valence-electron chi connectivity index (χ4n) is 1.91. The van der Waals surface area contributed by atoms with Crippen molar-refractivity contribution in [3.05, 3.63) is 57.3 Å². The molecule has 0 saturated heterocycles. The largest absolute Gasteiger partial charge is 0.350 e. The van der Waals surface area contributed by atoms with Gasteiger partial charge in [0, 0.05) is 10.4 Å². The standard InChI is InChI=1S/C16H18N2O2S/c1-11-5-3-4-6-13(11)16(20)18-10-15(19)17-9-14-12(2)7-8-21-14/h3-8H,9-10H2,1-2H3,(H,17,19)(H,18,20). The van der Waals surface area contributed by atoms with Crippen LogP contribution in [0.25, 0.3) is 0 Å². The van der Waals surface area contributed by atoms with Crippen LogP contribution < -0.4 is 10.6 Å². The summed E-state index contributed by atoms with van der Waals surface area (Å²) in [6.45, 7) is 4.37. The van der Waals surface area contributed by atoms with Crippen LogP contribution in [0.4, 0.5) is 0 Å². The Morgan fingerprint density at radius 3 is 2.48 bits per heavy atom. The SMILES string of the molecule is Cc1ccccc1C(=O)NCC(=O)NCc1sccc1C. The van der Waals surface area contributed by atoms with Crippen LogP contribution in [0.3, 0.4) is 0 Å². The number of benzene rings is 1. The molecule has 0 aliphatic rings. The molecule has 2 N–H and O–H groups in total. The molecule has 2 rings (SSSR count). The molecule has 1 heterocycles. The molecule has 0 radical (unpaired) electrons. The van der Waals surface area contributed by atoms with E-state index in [0.29, 0.717) is 12.1 Å². The Hall–Kier alpha value is -2.14. The van der Waals surface area contributed by atoms with Gasteiger partial charge in [-0.1, -0.05) is 18.2 Å². The molecule has 4 nitrogen and oxygen atoms in total. The van der Waals surface area contributed by atoms with Gasteiger partial charge in [0.15, 0.2) is 0 Å². The number of hydrogen-bond acceptors (Lipinski definition) is 3. The van der Waals surface area contributed by atoms with Crippen LogP contribution in [0.15, 0.2) is 35.7 Å². The van der Waals surface area contributed by atoms with Gasteiger partial charge in [0.2, 0.25) is 5.91 Å². The second kappa shape index (κ2) is 7.04. The first kappa shape index (κ1) is 15.3. The zero-order chi connectivity index (χ0) is 15.2. The van der Waals surface area contributed by atoms with Crippen LogP contribution >= 0.6 is 11.3 Å². The van der Waals surface area contributed by atoms with Gasteiger partial charge in [-0.15, -0.1) is 11.3 Å². The van der Waals surface area contributed by atoms with E-state index in [-0.39, 0.29) is 18.4 Å². The Labute approximate surface area is 128 Å². The van der Waals surface area contributed by atoms with Gasteiger partial charge < -0.3 is 10.6 Å². The summed E-state index contributed by atoms with van der Waals surface area (Å²) in [6, 6.07) is 9.32. The van der Waals surface area contributed by atoms with Crippen molar-refractivity contribution in [2.45, 2.75) is 20.4 Å². The Morgan fingerprint density at radius 1 is 1.05 bits per heavy atom. The second-order valence-corrected chi connectivity index (χ2v) is 5.80. The van der Waals surface area contributed by atoms with E-state index < -0.39 is 0 Å². The molecule has 0 unspecified atom stereocenters. The summed E-state index contributed by atoms with van der Waals surface area (Å²) in [4.78, 5) is 24.8. The number of thiophene rings is 1. The molecule has 2 aromatic rings. The fourth-order valence-corrected chi connectivity index (χ4v) is 2.76. The topological polar surface area (TPSA) is 58.2 Å². The van der Waals surface area contributed by atoms with E-state index in [1.165, 1.54) is 5.56 Å². The van der Waals surface area contributed by atoms with E-state index >= 15 is 0 Å². The van der Waals surface area contributed by atoms with E-state index in [1.54, 1.807) is 17.4 Å². The summed E-state index contributed by atoms with van der Waals surface area (Å²) in [5, 5.41) is 7.44. The summed E-state index contributed by atoms with van der Waals surface area (Å²) >= 11 is 1.61. The van der Waals surface area contributed by atoms with Crippen LogP contribution in [0.5, 0.6) is 0 Å². The quantitative estimate of drug-likeness (QED) is 0.891. The predicted molar refractivity (Wildman–Crippen MR) is 84.4 cm³/mol. The highest BCUT2D eigenvalue weighted by Crippen LogP contribution is 2.14. The Morgan fingerprint density at radius 2 is 1.81 bits per heavy atom. The molecule has 0 atom stereocenters. The third-order valence-electron chi connectivity index (χ3n) is 3.21. The molecule has 0 bridgehead atoms. The molecule has 21 heavy (non-hydrogen) atoms. The van der Waals surface area contributed by atoms with Crippen LogP contribution in [0, 0.1) is 13.8 Å². The number of nitrogens with one attached hydrogen (secondary N) is 2. The number of carbonyl (C=O) groups excluding carboxylic acids is 2. The van der Waals surface area contributed by atoms with E-state index in [1.807, 2.05) is 43.5 Å². The molecule has 1 aromatic heterocycles. The highest BCUT2D eigenvalue weighted by molar-refractivity contribution is 7.10. The summed E-state index contributed by atoms with van der Waals surface area (Å²) < 4.78 is 0. The van der Waals surface area contributed by atoms with Crippen molar-refractivity contribution in [2.75, 3.05) is 6.54 Å². The first-order valence-electron chi connectivity index (χ1n) is 6.71. The monoisotopic (exact) mass is 302 g/mol. The minimum absolute atomic E-state index is 0.0163. The fraction of sp³-hybridized carbons (Fsp3) is 0.250. The van der Waals surface area contributed by atoms with Gasteiger partial charge in [-0.25, -0.2) is 0 Å². The maximum absolute atomic E-state index is 12.0. The Bertz CT molecular complexity index is 649. The zero-order valence-electron chi connectivity index (χ0n) is 12.1. The van der Waals surface area contributed by atoms with Gasteiger partial charge >= 0.3 is 0 Å². The molecule has 2 amide bonds. The van der Waals surface area contributed by atoms with Gasteiger partial charge in [-0.2, -0.15) is 0 Å². The smallest absolute Gasteiger partial charge is 0.251 e. The zero-order valence-corrected chi connectivity index (χ0v) is 12.9. The Kier molecular flexibility index (Phi) is 5.11. The van der Waals surface area contributed by atoms with Crippen molar-refractivity contribution in [3.8, 4) is 0 Å². The molecule has 0 aliphatic heterocycles. The molecule has 1 aromatic carbocycles. The van der Waals surface area contributed by atoms with Crippen LogP contribution in [0.2, 0.25) is 0 Å². The van der Waals surface area contributed by atoms with Crippen LogP contribution in [-0.4, -0.2) is 18.4 Å². The lowest BCUT2D eigenvalue weighted by Gasteiger charge is -2.08. The number of aryl methyl sites for hydroxylation is 2. The van der Waals surface area contributed by atoms with Crippen molar-refractivity contribution < 1.29 is 9.59 Å². The van der Waals surface area contributed by atoms with E-state index in [2.05, 4.69) is 10.6 Å². The summed E-state index contributed by atoms with van der Waals surface area (Å²) in [6.07, 6.45) is 0. The van der Waals surface area contributed by atoms with Gasteiger partial charge in [-0.3, -0.25) is 9.59 Å². The number of rotatable bonds is 5. The first-order valence-corrected chi connectivity index (χ1v) is 7.59. The Balaban J connectivity index is 1.80. The minimum atomic E-state index is -0.226. The highest BCUT2D eigenvalue weighted by atomic mass is 32.1. The van der Waals surface area contributed by atoms with Crippen LogP contribution in [0.1, 0.15) is 26.4 Å². The van der Waals surface area contributed by atoms with Crippen molar-refractivity contribution >= 4 is 23.2 Å². The predicted octanol–water partition coefficient (Wildman–Crippen LogP) is 2.41. The van der Waals surface area contributed by atoms with Gasteiger partial charge in [-0.05, 0) is 42.5 Å². The van der Waals surface area contributed by atoms with E-state index in [0.717, 1.165) is 10.4 Å². The maximum Gasteiger partial charge on any atom is 0.251 e. The third-order valence-corrected chi connectivity index (χ3v) is 4.24. The summed E-state index contributed by atoms with van der Waals surface area (Å²) in [5.41, 5.74) is 2.66. The number of amides is 2. The number of carbonyl (C=O) groups is 2. The molecule has 110 valence electrons. The second-order valence-electron chi connectivity index (χ2n) is 4.80. The van der Waals surface area contributed by atoms with E-state index in [4.69, 9.17) is 0 Å². The van der Waals surface area contributed by atoms with Crippen molar-refractivity contribution in [1.29, 1.82) is 0 Å². The average Bonchev–Trinajstić information content (AvgIpc) is 2.88. The van der Waals surface area contributed by atoms with Crippen molar-refractivity contribution in [3.63, 3.8) is 0 Å². The normalized spacial score (nSPS) is 10.2. The lowest BCUT2D eigenvalue weighted by molar-refractivity contribution is -0.120. The van der Waals surface area contributed by atoms with E-state index in [9.17, 15) is 9.59 Å².